The van der Waals surface area contributed by atoms with Crippen LogP contribution in [0.3, 0.4) is 0 Å². The Labute approximate surface area is 171 Å². The second-order valence-corrected chi connectivity index (χ2v) is 6.91. The van der Waals surface area contributed by atoms with Crippen molar-refractivity contribution in [2.75, 3.05) is 12.9 Å². The third-order valence-corrected chi connectivity index (χ3v) is 4.96. The zero-order valence-electron chi connectivity index (χ0n) is 15.5. The molecule has 29 heavy (non-hydrogen) atoms. The van der Waals surface area contributed by atoms with Gasteiger partial charge >= 0.3 is 0 Å². The molecule has 8 nitrogen and oxygen atoms in total. The summed E-state index contributed by atoms with van der Waals surface area (Å²) in [6, 6.07) is 14.1. The Morgan fingerprint density at radius 3 is 2.62 bits per heavy atom. The molecule has 4 rings (SSSR count). The summed E-state index contributed by atoms with van der Waals surface area (Å²) in [7, 11) is 0. The fourth-order valence-corrected chi connectivity index (χ4v) is 3.36. The monoisotopic (exact) mass is 410 g/mol. The normalized spacial score (nSPS) is 14.9. The van der Waals surface area contributed by atoms with E-state index >= 15 is 0 Å². The van der Waals surface area contributed by atoms with Crippen LogP contribution in [0.1, 0.15) is 10.4 Å². The Bertz CT molecular complexity index is 1030. The van der Waals surface area contributed by atoms with Crippen molar-refractivity contribution in [3.63, 3.8) is 0 Å². The van der Waals surface area contributed by atoms with E-state index in [1.807, 2.05) is 35.2 Å². The number of fused-ring (bicyclic) bond motifs is 1. The number of amides is 2. The Morgan fingerprint density at radius 2 is 1.86 bits per heavy atom. The molecule has 2 aromatic carbocycles. The van der Waals surface area contributed by atoms with E-state index in [-0.39, 0.29) is 6.61 Å². The van der Waals surface area contributed by atoms with Crippen molar-refractivity contribution in [1.29, 1.82) is 0 Å². The van der Waals surface area contributed by atoms with Gasteiger partial charge in [0.2, 0.25) is 6.10 Å². The van der Waals surface area contributed by atoms with Crippen molar-refractivity contribution in [1.82, 2.24) is 20.4 Å². The summed E-state index contributed by atoms with van der Waals surface area (Å²) in [5.74, 6) is 0.151. The van der Waals surface area contributed by atoms with Gasteiger partial charge in [-0.05, 0) is 42.7 Å². The summed E-state index contributed by atoms with van der Waals surface area (Å²) in [5, 5.41) is 0.853. The number of para-hydroxylation sites is 2. The zero-order valence-corrected chi connectivity index (χ0v) is 16.3. The molecular formula is C20H18N4O4S. The number of aromatic nitrogens is 2. The third kappa shape index (κ3) is 4.04. The Morgan fingerprint density at radius 1 is 1.10 bits per heavy atom. The van der Waals surface area contributed by atoms with Crippen LogP contribution in [0.2, 0.25) is 0 Å². The van der Waals surface area contributed by atoms with Gasteiger partial charge in [0.05, 0.1) is 0 Å². The molecule has 2 N–H and O–H groups in total. The van der Waals surface area contributed by atoms with Crippen LogP contribution in [0.15, 0.2) is 66.1 Å². The fraction of sp³-hybridized carbons (Fsp3) is 0.150. The lowest BCUT2D eigenvalue weighted by molar-refractivity contribution is -0.131. The molecule has 1 aromatic heterocycles. The number of benzene rings is 2. The smallest absolute Gasteiger partial charge is 0.283 e. The molecule has 1 unspecified atom stereocenters. The number of hydrogen-bond donors (Lipinski definition) is 2. The molecule has 0 saturated carbocycles. The van der Waals surface area contributed by atoms with Crippen molar-refractivity contribution >= 4 is 23.6 Å². The molecule has 0 bridgehead atoms. The van der Waals surface area contributed by atoms with E-state index in [2.05, 4.69) is 15.8 Å². The van der Waals surface area contributed by atoms with Crippen LogP contribution in [0, 0.1) is 0 Å². The second kappa shape index (κ2) is 8.27. The Balaban J connectivity index is 1.34. The number of carbonyl (C=O) groups is 2. The minimum Gasteiger partial charge on any atom is -0.485 e. The van der Waals surface area contributed by atoms with Crippen molar-refractivity contribution in [3.8, 4) is 17.2 Å². The van der Waals surface area contributed by atoms with E-state index in [1.165, 1.54) is 11.8 Å². The van der Waals surface area contributed by atoms with Crippen LogP contribution >= 0.6 is 11.8 Å². The lowest BCUT2D eigenvalue weighted by Crippen LogP contribution is -2.50. The van der Waals surface area contributed by atoms with E-state index in [1.54, 1.807) is 36.5 Å². The highest BCUT2D eigenvalue weighted by molar-refractivity contribution is 7.98. The number of carbonyl (C=O) groups excluding carboxylic acids is 2. The highest BCUT2D eigenvalue weighted by Gasteiger charge is 2.27. The maximum absolute atomic E-state index is 12.3. The average molecular weight is 410 g/mol. The third-order valence-electron chi connectivity index (χ3n) is 4.30. The first-order valence-corrected chi connectivity index (χ1v) is 10.0. The number of nitrogens with zero attached hydrogens (tertiary/aromatic N) is 2. The number of hydrogen-bond acceptors (Lipinski definition) is 6. The molecule has 0 aliphatic carbocycles. The van der Waals surface area contributed by atoms with Crippen LogP contribution in [0.4, 0.5) is 0 Å². The van der Waals surface area contributed by atoms with Gasteiger partial charge in [0.15, 0.2) is 16.7 Å². The van der Waals surface area contributed by atoms with Crippen LogP contribution < -0.4 is 20.3 Å². The van der Waals surface area contributed by atoms with E-state index in [0.29, 0.717) is 17.1 Å². The number of hydrazine groups is 1. The van der Waals surface area contributed by atoms with E-state index in [0.717, 1.165) is 10.8 Å². The summed E-state index contributed by atoms with van der Waals surface area (Å²) >= 11 is 1.53. The lowest BCUT2D eigenvalue weighted by Gasteiger charge is -2.25. The minimum atomic E-state index is -0.848. The van der Waals surface area contributed by atoms with Crippen molar-refractivity contribution in [2.45, 2.75) is 11.3 Å². The van der Waals surface area contributed by atoms with Gasteiger partial charge in [-0.2, -0.15) is 0 Å². The summed E-state index contributed by atoms with van der Waals surface area (Å²) in [6.07, 6.45) is 4.67. The number of nitrogens with one attached hydrogen (secondary N) is 2. The lowest BCUT2D eigenvalue weighted by atomic mass is 10.2. The van der Waals surface area contributed by atoms with Gasteiger partial charge in [0, 0.05) is 23.6 Å². The fourth-order valence-electron chi connectivity index (χ4n) is 2.83. The number of thioether (sulfide) groups is 1. The molecule has 0 radical (unpaired) electrons. The largest absolute Gasteiger partial charge is 0.485 e. The Hall–Kier alpha value is -3.46. The molecule has 2 amide bonds. The molecule has 0 fully saturated rings. The van der Waals surface area contributed by atoms with Crippen molar-refractivity contribution in [3.05, 3.63) is 66.5 Å². The first-order valence-electron chi connectivity index (χ1n) is 8.82. The van der Waals surface area contributed by atoms with E-state index in [4.69, 9.17) is 9.47 Å². The van der Waals surface area contributed by atoms with Gasteiger partial charge in [0.1, 0.15) is 6.61 Å². The first kappa shape index (κ1) is 18.9. The average Bonchev–Trinajstić information content (AvgIpc) is 3.26. The molecule has 1 atom stereocenters. The highest BCUT2D eigenvalue weighted by Crippen LogP contribution is 2.30. The topological polar surface area (TPSA) is 94.5 Å². The minimum absolute atomic E-state index is 0.0656. The highest BCUT2D eigenvalue weighted by atomic mass is 32.2. The van der Waals surface area contributed by atoms with Gasteiger partial charge < -0.3 is 9.47 Å². The van der Waals surface area contributed by atoms with Crippen LogP contribution in [-0.4, -0.2) is 40.3 Å². The Kier molecular flexibility index (Phi) is 5.39. The molecule has 2 heterocycles. The van der Waals surface area contributed by atoms with E-state index in [9.17, 15) is 9.59 Å². The molecule has 0 spiro atoms. The number of imidazole rings is 1. The van der Waals surface area contributed by atoms with Crippen molar-refractivity contribution in [2.24, 2.45) is 0 Å². The standard InChI is InChI=1S/C20H18N4O4S/c1-29-20-21-10-11-24(20)14-8-6-13(7-9-14)18(25)22-23-19(26)17-12-27-15-4-2-3-5-16(15)28-17/h2-11,17H,12H2,1H3,(H,22,25)(H,23,26). The zero-order chi connectivity index (χ0) is 20.2. The van der Waals surface area contributed by atoms with Gasteiger partial charge in [0.25, 0.3) is 11.8 Å². The molecule has 3 aromatic rings. The van der Waals surface area contributed by atoms with Crippen molar-refractivity contribution < 1.29 is 19.1 Å². The predicted molar refractivity (Wildman–Crippen MR) is 107 cm³/mol. The van der Waals surface area contributed by atoms with Crippen LogP contribution in [0.25, 0.3) is 5.69 Å². The molecular weight excluding hydrogens is 392 g/mol. The summed E-state index contributed by atoms with van der Waals surface area (Å²) < 4.78 is 13.0. The second-order valence-electron chi connectivity index (χ2n) is 6.14. The number of rotatable bonds is 4. The molecule has 9 heteroatoms. The number of ether oxygens (including phenoxy) is 2. The first-order chi connectivity index (χ1) is 14.2. The SMILES string of the molecule is CSc1nccn1-c1ccc(C(=O)NNC(=O)C2COc3ccccc3O2)cc1. The van der Waals surface area contributed by atoms with E-state index < -0.39 is 17.9 Å². The molecule has 148 valence electrons. The molecule has 1 aliphatic rings. The molecule has 0 saturated heterocycles. The van der Waals surface area contributed by atoms with Crippen LogP contribution in [-0.2, 0) is 4.79 Å². The summed E-state index contributed by atoms with van der Waals surface area (Å²) in [6.45, 7) is 0.0656. The predicted octanol–water partition coefficient (Wildman–Crippen LogP) is 2.20. The maximum Gasteiger partial charge on any atom is 0.283 e. The quantitative estimate of drug-likeness (QED) is 0.506. The van der Waals surface area contributed by atoms with Gasteiger partial charge in [-0.15, -0.1) is 0 Å². The van der Waals surface area contributed by atoms with Gasteiger partial charge in [-0.3, -0.25) is 25.0 Å². The van der Waals surface area contributed by atoms with Gasteiger partial charge in [-0.25, -0.2) is 4.98 Å². The summed E-state index contributed by atoms with van der Waals surface area (Å²) in [5.41, 5.74) is 6.08. The van der Waals surface area contributed by atoms with Crippen LogP contribution in [0.5, 0.6) is 11.5 Å². The van der Waals surface area contributed by atoms with Gasteiger partial charge in [-0.1, -0.05) is 23.9 Å². The summed E-state index contributed by atoms with van der Waals surface area (Å²) in [4.78, 5) is 28.9. The maximum atomic E-state index is 12.3. The molecule has 1 aliphatic heterocycles.